The Kier molecular flexibility index (Phi) is 4.95. The number of piperidine rings is 1. The topological polar surface area (TPSA) is 95.8 Å². The van der Waals surface area contributed by atoms with Gasteiger partial charge in [0.15, 0.2) is 5.69 Å². The molecule has 8 nitrogen and oxygen atoms in total. The first-order valence-electron chi connectivity index (χ1n) is 10.9. The maximum Gasteiger partial charge on any atom is 0.273 e. The lowest BCUT2D eigenvalue weighted by atomic mass is 9.99. The largest absolute Gasteiger partial charge is 0.360 e. The van der Waals surface area contributed by atoms with Gasteiger partial charge in [-0.2, -0.15) is 4.31 Å². The molecular formula is C20H30N4O4S. The zero-order valence-corrected chi connectivity index (χ0v) is 17.7. The maximum atomic E-state index is 13.2. The molecule has 0 unspecified atom stereocenters. The number of fused-ring (bicyclic) bond motifs is 2. The molecule has 3 aliphatic heterocycles. The van der Waals surface area contributed by atoms with Crippen LogP contribution in [0.2, 0.25) is 0 Å². The van der Waals surface area contributed by atoms with Gasteiger partial charge in [0.05, 0.1) is 5.75 Å². The Hall–Kier alpha value is -1.45. The molecule has 0 spiro atoms. The molecule has 1 aliphatic carbocycles. The van der Waals surface area contributed by atoms with E-state index < -0.39 is 10.0 Å². The molecule has 1 amide bonds. The molecule has 0 radical (unpaired) electrons. The fourth-order valence-electron chi connectivity index (χ4n) is 5.44. The summed E-state index contributed by atoms with van der Waals surface area (Å²) in [6, 6.07) is 1.86. The van der Waals surface area contributed by atoms with Crippen LogP contribution in [-0.4, -0.2) is 72.2 Å². The molecule has 1 aromatic heterocycles. The van der Waals surface area contributed by atoms with E-state index in [-0.39, 0.29) is 35.8 Å². The van der Waals surface area contributed by atoms with E-state index in [0.717, 1.165) is 50.8 Å². The van der Waals surface area contributed by atoms with E-state index >= 15 is 0 Å². The molecule has 29 heavy (non-hydrogen) atoms. The van der Waals surface area contributed by atoms with Crippen LogP contribution in [0.3, 0.4) is 0 Å². The van der Waals surface area contributed by atoms with Gasteiger partial charge < -0.3 is 14.7 Å². The Bertz CT molecular complexity index is 867. The van der Waals surface area contributed by atoms with Crippen LogP contribution in [0, 0.1) is 0 Å². The predicted octanol–water partition coefficient (Wildman–Crippen LogP) is 1.70. The van der Waals surface area contributed by atoms with Crippen molar-refractivity contribution in [2.24, 2.45) is 0 Å². The minimum Gasteiger partial charge on any atom is -0.360 e. The quantitative estimate of drug-likeness (QED) is 0.750. The van der Waals surface area contributed by atoms with Crippen molar-refractivity contribution < 1.29 is 17.7 Å². The van der Waals surface area contributed by atoms with E-state index in [1.807, 2.05) is 7.05 Å². The second kappa shape index (κ2) is 7.35. The van der Waals surface area contributed by atoms with Gasteiger partial charge in [-0.15, -0.1) is 0 Å². The molecule has 1 aromatic rings. The zero-order valence-electron chi connectivity index (χ0n) is 16.9. The van der Waals surface area contributed by atoms with Crippen molar-refractivity contribution in [1.82, 2.24) is 19.7 Å². The van der Waals surface area contributed by atoms with Gasteiger partial charge in [0.2, 0.25) is 10.0 Å². The SMILES string of the molecule is CN1CCC[C@@H]1CS(=O)(=O)N1[C@@H]2CC[C@H]1C[C@@H](NC(=O)c1cc(C3CC3)on1)C2. The molecule has 4 aliphatic rings. The number of rotatable bonds is 6. The summed E-state index contributed by atoms with van der Waals surface area (Å²) < 4.78 is 33.4. The fourth-order valence-corrected chi connectivity index (χ4v) is 7.81. The van der Waals surface area contributed by atoms with Crippen LogP contribution < -0.4 is 5.32 Å². The molecule has 5 rings (SSSR count). The van der Waals surface area contributed by atoms with Gasteiger partial charge in [-0.25, -0.2) is 8.42 Å². The average molecular weight is 423 g/mol. The van der Waals surface area contributed by atoms with Crippen molar-refractivity contribution in [3.05, 3.63) is 17.5 Å². The second-order valence-corrected chi connectivity index (χ2v) is 11.2. The third-order valence-electron chi connectivity index (χ3n) is 7.14. The van der Waals surface area contributed by atoms with Crippen molar-refractivity contribution in [2.75, 3.05) is 19.3 Å². The summed E-state index contributed by atoms with van der Waals surface area (Å²) in [5.41, 5.74) is 0.332. The smallest absolute Gasteiger partial charge is 0.273 e. The number of likely N-dealkylation sites (tertiary alicyclic amines) is 1. The number of hydrogen-bond donors (Lipinski definition) is 1. The van der Waals surface area contributed by atoms with E-state index in [4.69, 9.17) is 4.52 Å². The number of sulfonamides is 1. The lowest BCUT2D eigenvalue weighted by Gasteiger charge is -2.38. The highest BCUT2D eigenvalue weighted by molar-refractivity contribution is 7.89. The van der Waals surface area contributed by atoms with E-state index in [9.17, 15) is 13.2 Å². The molecule has 2 bridgehead atoms. The highest BCUT2D eigenvalue weighted by Gasteiger charge is 2.47. The van der Waals surface area contributed by atoms with Crippen molar-refractivity contribution in [1.29, 1.82) is 0 Å². The monoisotopic (exact) mass is 422 g/mol. The van der Waals surface area contributed by atoms with Gasteiger partial charge >= 0.3 is 0 Å². The Morgan fingerprint density at radius 3 is 2.55 bits per heavy atom. The van der Waals surface area contributed by atoms with Crippen LogP contribution in [0.5, 0.6) is 0 Å². The van der Waals surface area contributed by atoms with Crippen LogP contribution in [-0.2, 0) is 10.0 Å². The highest BCUT2D eigenvalue weighted by atomic mass is 32.2. The Labute approximate surface area is 172 Å². The Morgan fingerprint density at radius 1 is 1.21 bits per heavy atom. The number of carbonyl (C=O) groups excluding carboxylic acids is 1. The second-order valence-electron chi connectivity index (χ2n) is 9.30. The third kappa shape index (κ3) is 3.84. The summed E-state index contributed by atoms with van der Waals surface area (Å²) in [6.45, 7) is 0.978. The summed E-state index contributed by atoms with van der Waals surface area (Å²) in [6.07, 6.45) is 7.34. The maximum absolute atomic E-state index is 13.2. The molecular weight excluding hydrogens is 392 g/mol. The summed E-state index contributed by atoms with van der Waals surface area (Å²) in [4.78, 5) is 14.7. The Morgan fingerprint density at radius 2 is 1.93 bits per heavy atom. The van der Waals surface area contributed by atoms with Crippen LogP contribution in [0.15, 0.2) is 10.6 Å². The van der Waals surface area contributed by atoms with Crippen molar-refractivity contribution >= 4 is 15.9 Å². The van der Waals surface area contributed by atoms with Crippen LogP contribution >= 0.6 is 0 Å². The molecule has 1 saturated carbocycles. The molecule has 1 N–H and O–H groups in total. The molecule has 9 heteroatoms. The first kappa shape index (κ1) is 19.5. The number of carbonyl (C=O) groups is 1. The first-order chi connectivity index (χ1) is 13.9. The van der Waals surface area contributed by atoms with Crippen LogP contribution in [0.1, 0.15) is 73.5 Å². The van der Waals surface area contributed by atoms with E-state index in [1.165, 1.54) is 0 Å². The fraction of sp³-hybridized carbons (Fsp3) is 0.800. The lowest BCUT2D eigenvalue weighted by molar-refractivity contribution is 0.0900. The molecule has 4 heterocycles. The number of aromatic nitrogens is 1. The number of nitrogens with one attached hydrogen (secondary N) is 1. The zero-order chi connectivity index (χ0) is 20.2. The number of nitrogens with zero attached hydrogens (tertiary/aromatic N) is 3. The van der Waals surface area contributed by atoms with Crippen molar-refractivity contribution in [3.63, 3.8) is 0 Å². The molecule has 4 fully saturated rings. The average Bonchev–Trinajstić information content (AvgIpc) is 3.14. The number of amides is 1. The summed E-state index contributed by atoms with van der Waals surface area (Å²) in [5.74, 6) is 1.23. The highest BCUT2D eigenvalue weighted by Crippen LogP contribution is 2.41. The summed E-state index contributed by atoms with van der Waals surface area (Å²) >= 11 is 0. The summed E-state index contributed by atoms with van der Waals surface area (Å²) in [5, 5.41) is 6.99. The van der Waals surface area contributed by atoms with Gasteiger partial charge in [-0.05, 0) is 65.0 Å². The van der Waals surface area contributed by atoms with Crippen molar-refractivity contribution in [3.8, 4) is 0 Å². The predicted molar refractivity (Wildman–Crippen MR) is 107 cm³/mol. The minimum atomic E-state index is -3.29. The van der Waals surface area contributed by atoms with E-state index in [1.54, 1.807) is 10.4 Å². The normalized spacial score (nSPS) is 33.3. The minimum absolute atomic E-state index is 0.00454. The van der Waals surface area contributed by atoms with Crippen LogP contribution in [0.25, 0.3) is 0 Å². The molecule has 0 aromatic carbocycles. The van der Waals surface area contributed by atoms with Gasteiger partial charge in [0, 0.05) is 36.2 Å². The van der Waals surface area contributed by atoms with Gasteiger partial charge in [0.1, 0.15) is 5.76 Å². The van der Waals surface area contributed by atoms with E-state index in [2.05, 4.69) is 15.4 Å². The van der Waals surface area contributed by atoms with E-state index in [0.29, 0.717) is 24.5 Å². The summed E-state index contributed by atoms with van der Waals surface area (Å²) in [7, 11) is -1.27. The number of hydrogen-bond acceptors (Lipinski definition) is 6. The third-order valence-corrected chi connectivity index (χ3v) is 9.18. The van der Waals surface area contributed by atoms with Crippen LogP contribution in [0.4, 0.5) is 0 Å². The molecule has 160 valence electrons. The Balaban J connectivity index is 1.22. The standard InChI is InChI=1S/C20H30N4O4S/c1-23-8-2-3-17(23)12-29(26,27)24-15-6-7-16(24)10-14(9-15)21-20(25)18-11-19(28-22-18)13-4-5-13/h11,13-17H,2-10,12H2,1H3,(H,21,25)/t14-,15+,16-,17-/m1/s1. The van der Waals surface area contributed by atoms with Gasteiger partial charge in [-0.3, -0.25) is 4.79 Å². The molecule has 4 atom stereocenters. The molecule has 3 saturated heterocycles. The first-order valence-corrected chi connectivity index (χ1v) is 12.5. The van der Waals surface area contributed by atoms with Gasteiger partial charge in [0.25, 0.3) is 5.91 Å². The van der Waals surface area contributed by atoms with Crippen molar-refractivity contribution in [2.45, 2.75) is 81.5 Å². The lowest BCUT2D eigenvalue weighted by Crippen LogP contribution is -2.54. The van der Waals surface area contributed by atoms with Gasteiger partial charge in [-0.1, -0.05) is 5.16 Å².